The second kappa shape index (κ2) is 7.67. The van der Waals surface area contributed by atoms with Gasteiger partial charge in [-0.1, -0.05) is 35.9 Å². The summed E-state index contributed by atoms with van der Waals surface area (Å²) >= 11 is 6.16. The van der Waals surface area contributed by atoms with Crippen LogP contribution in [0.5, 0.6) is 0 Å². The van der Waals surface area contributed by atoms with Crippen LogP contribution in [0.2, 0.25) is 5.02 Å². The molecule has 0 saturated carbocycles. The Kier molecular flexibility index (Phi) is 5.33. The van der Waals surface area contributed by atoms with Gasteiger partial charge in [-0.2, -0.15) is 0 Å². The predicted octanol–water partition coefficient (Wildman–Crippen LogP) is 5.38. The molecule has 0 aliphatic heterocycles. The highest BCUT2D eigenvalue weighted by molar-refractivity contribution is 6.33. The number of nitrogens with zero attached hydrogens (tertiary/aromatic N) is 1. The number of urea groups is 1. The minimum atomic E-state index is -0.278. The first kappa shape index (κ1) is 18.1. The maximum atomic E-state index is 12.2. The van der Waals surface area contributed by atoms with E-state index in [4.69, 9.17) is 11.6 Å². The highest BCUT2D eigenvalue weighted by Crippen LogP contribution is 2.23. The molecule has 3 aromatic rings. The summed E-state index contributed by atoms with van der Waals surface area (Å²) in [6.45, 7) is 6.53. The SMILES string of the molecule is Cc1ccc(NC(=O)NCc2cc(C)n(-c3ccccc3)c2C)c(Cl)c1. The van der Waals surface area contributed by atoms with E-state index < -0.39 is 0 Å². The highest BCUT2D eigenvalue weighted by atomic mass is 35.5. The number of benzene rings is 2. The zero-order chi connectivity index (χ0) is 18.7. The van der Waals surface area contributed by atoms with Crippen LogP contribution in [0.15, 0.2) is 54.6 Å². The van der Waals surface area contributed by atoms with Crippen molar-refractivity contribution in [1.29, 1.82) is 0 Å². The van der Waals surface area contributed by atoms with Gasteiger partial charge in [0, 0.05) is 23.6 Å². The van der Waals surface area contributed by atoms with Gasteiger partial charge < -0.3 is 15.2 Å². The van der Waals surface area contributed by atoms with E-state index in [1.54, 1.807) is 6.07 Å². The molecule has 0 unspecified atom stereocenters. The molecule has 0 bridgehead atoms. The van der Waals surface area contributed by atoms with Crippen LogP contribution in [-0.4, -0.2) is 10.6 Å². The lowest BCUT2D eigenvalue weighted by molar-refractivity contribution is 0.251. The molecule has 1 heterocycles. The van der Waals surface area contributed by atoms with Gasteiger partial charge in [-0.25, -0.2) is 4.79 Å². The van der Waals surface area contributed by atoms with E-state index in [1.165, 1.54) is 0 Å². The molecule has 0 radical (unpaired) electrons. The molecule has 1 aromatic heterocycles. The van der Waals surface area contributed by atoms with E-state index in [2.05, 4.69) is 47.2 Å². The molecule has 26 heavy (non-hydrogen) atoms. The van der Waals surface area contributed by atoms with E-state index in [9.17, 15) is 4.79 Å². The van der Waals surface area contributed by atoms with E-state index in [0.717, 1.165) is 28.2 Å². The Morgan fingerprint density at radius 3 is 2.46 bits per heavy atom. The molecule has 0 fully saturated rings. The molecule has 0 spiro atoms. The smallest absolute Gasteiger partial charge is 0.319 e. The Morgan fingerprint density at radius 2 is 1.77 bits per heavy atom. The van der Waals surface area contributed by atoms with Crippen LogP contribution in [0, 0.1) is 20.8 Å². The topological polar surface area (TPSA) is 46.1 Å². The number of hydrogen-bond acceptors (Lipinski definition) is 1. The van der Waals surface area contributed by atoms with Crippen molar-refractivity contribution >= 4 is 23.3 Å². The van der Waals surface area contributed by atoms with Crippen molar-refractivity contribution in [3.8, 4) is 5.69 Å². The molecule has 4 nitrogen and oxygen atoms in total. The number of anilines is 1. The number of aromatic nitrogens is 1. The first-order valence-electron chi connectivity index (χ1n) is 8.50. The summed E-state index contributed by atoms with van der Waals surface area (Å²) in [6, 6.07) is 17.5. The Morgan fingerprint density at radius 1 is 1.04 bits per heavy atom. The molecule has 3 rings (SSSR count). The molecular formula is C21H22ClN3O. The number of para-hydroxylation sites is 1. The van der Waals surface area contributed by atoms with Gasteiger partial charge in [-0.3, -0.25) is 0 Å². The zero-order valence-corrected chi connectivity index (χ0v) is 15.9. The molecule has 2 N–H and O–H groups in total. The number of carbonyl (C=O) groups excluding carboxylic acids is 1. The van der Waals surface area contributed by atoms with Crippen LogP contribution >= 0.6 is 11.6 Å². The van der Waals surface area contributed by atoms with Crippen molar-refractivity contribution < 1.29 is 4.79 Å². The maximum absolute atomic E-state index is 12.2. The highest BCUT2D eigenvalue weighted by Gasteiger charge is 2.12. The molecule has 134 valence electrons. The number of nitrogens with one attached hydrogen (secondary N) is 2. The standard InChI is InChI=1S/C21H22ClN3O/c1-14-9-10-20(19(22)11-14)24-21(26)23-13-17-12-15(2)25(16(17)3)18-7-5-4-6-8-18/h4-12H,13H2,1-3H3,(H2,23,24,26). The van der Waals surface area contributed by atoms with Gasteiger partial charge in [0.05, 0.1) is 10.7 Å². The second-order valence-electron chi connectivity index (χ2n) is 6.36. The average molecular weight is 368 g/mol. The lowest BCUT2D eigenvalue weighted by atomic mass is 10.2. The Labute approximate surface area is 158 Å². The zero-order valence-electron chi connectivity index (χ0n) is 15.1. The number of rotatable bonds is 4. The lowest BCUT2D eigenvalue weighted by Crippen LogP contribution is -2.28. The third-order valence-electron chi connectivity index (χ3n) is 4.36. The number of halogens is 1. The van der Waals surface area contributed by atoms with E-state index in [0.29, 0.717) is 17.3 Å². The van der Waals surface area contributed by atoms with Gasteiger partial charge in [0.2, 0.25) is 0 Å². The number of hydrogen-bond donors (Lipinski definition) is 2. The fourth-order valence-electron chi connectivity index (χ4n) is 3.05. The number of carbonyl (C=O) groups is 1. The first-order valence-corrected chi connectivity index (χ1v) is 8.88. The predicted molar refractivity (Wildman–Crippen MR) is 107 cm³/mol. The molecule has 2 aromatic carbocycles. The molecule has 0 aliphatic rings. The van der Waals surface area contributed by atoms with Crippen LogP contribution in [0.1, 0.15) is 22.5 Å². The number of amides is 2. The van der Waals surface area contributed by atoms with Crippen molar-refractivity contribution in [2.45, 2.75) is 27.3 Å². The van der Waals surface area contributed by atoms with Gasteiger partial charge in [-0.15, -0.1) is 0 Å². The van der Waals surface area contributed by atoms with E-state index in [1.807, 2.05) is 37.3 Å². The van der Waals surface area contributed by atoms with Crippen molar-refractivity contribution in [2.24, 2.45) is 0 Å². The third kappa shape index (κ3) is 3.92. The van der Waals surface area contributed by atoms with Crippen molar-refractivity contribution in [3.63, 3.8) is 0 Å². The number of aryl methyl sites for hydroxylation is 2. The van der Waals surface area contributed by atoms with Crippen LogP contribution in [-0.2, 0) is 6.54 Å². The third-order valence-corrected chi connectivity index (χ3v) is 4.68. The maximum Gasteiger partial charge on any atom is 0.319 e. The van der Waals surface area contributed by atoms with Gasteiger partial charge in [0.15, 0.2) is 0 Å². The first-order chi connectivity index (χ1) is 12.5. The summed E-state index contributed by atoms with van der Waals surface area (Å²) < 4.78 is 2.19. The molecule has 5 heteroatoms. The second-order valence-corrected chi connectivity index (χ2v) is 6.77. The molecule has 0 atom stereocenters. The minimum absolute atomic E-state index is 0.278. The minimum Gasteiger partial charge on any atom is -0.334 e. The van der Waals surface area contributed by atoms with Gasteiger partial charge >= 0.3 is 6.03 Å². The normalized spacial score (nSPS) is 10.6. The van der Waals surface area contributed by atoms with Gasteiger partial charge in [-0.05, 0) is 62.2 Å². The fourth-order valence-corrected chi connectivity index (χ4v) is 3.33. The van der Waals surface area contributed by atoms with Crippen molar-refractivity contribution in [2.75, 3.05) is 5.32 Å². The molecule has 0 aliphatic carbocycles. The van der Waals surface area contributed by atoms with Crippen molar-refractivity contribution in [1.82, 2.24) is 9.88 Å². The van der Waals surface area contributed by atoms with E-state index in [-0.39, 0.29) is 6.03 Å². The van der Waals surface area contributed by atoms with Crippen LogP contribution < -0.4 is 10.6 Å². The largest absolute Gasteiger partial charge is 0.334 e. The Hall–Kier alpha value is -2.72. The summed E-state index contributed by atoms with van der Waals surface area (Å²) in [5.41, 5.74) is 6.09. The van der Waals surface area contributed by atoms with Gasteiger partial charge in [0.1, 0.15) is 0 Å². The van der Waals surface area contributed by atoms with Crippen LogP contribution in [0.25, 0.3) is 5.69 Å². The lowest BCUT2D eigenvalue weighted by Gasteiger charge is -2.11. The Balaban J connectivity index is 1.69. The summed E-state index contributed by atoms with van der Waals surface area (Å²) in [7, 11) is 0. The Bertz CT molecular complexity index is 932. The van der Waals surface area contributed by atoms with Gasteiger partial charge in [0.25, 0.3) is 0 Å². The van der Waals surface area contributed by atoms with E-state index >= 15 is 0 Å². The molecule has 0 saturated heterocycles. The molecular weight excluding hydrogens is 346 g/mol. The summed E-state index contributed by atoms with van der Waals surface area (Å²) in [4.78, 5) is 12.2. The summed E-state index contributed by atoms with van der Waals surface area (Å²) in [5.74, 6) is 0. The molecule has 2 amide bonds. The summed E-state index contributed by atoms with van der Waals surface area (Å²) in [5, 5.41) is 6.22. The van der Waals surface area contributed by atoms with Crippen LogP contribution in [0.4, 0.5) is 10.5 Å². The quantitative estimate of drug-likeness (QED) is 0.639. The van der Waals surface area contributed by atoms with Crippen molar-refractivity contribution in [3.05, 3.63) is 82.1 Å². The average Bonchev–Trinajstić information content (AvgIpc) is 2.90. The fraction of sp³-hybridized carbons (Fsp3) is 0.190. The van der Waals surface area contributed by atoms with Crippen LogP contribution in [0.3, 0.4) is 0 Å². The monoisotopic (exact) mass is 367 g/mol. The summed E-state index contributed by atoms with van der Waals surface area (Å²) in [6.07, 6.45) is 0.